The smallest absolute Gasteiger partial charge is 0.0210 e. The van der Waals surface area contributed by atoms with Crippen LogP contribution in [0.1, 0.15) is 95.4 Å². The zero-order valence-electron chi connectivity index (χ0n) is 23.6. The van der Waals surface area contributed by atoms with Crippen molar-refractivity contribution in [2.45, 2.75) is 85.5 Å². The summed E-state index contributed by atoms with van der Waals surface area (Å²) >= 11 is 0. The first-order valence-electron chi connectivity index (χ1n) is 14.0. The van der Waals surface area contributed by atoms with Gasteiger partial charge in [0.1, 0.15) is 0 Å². The predicted octanol–water partition coefficient (Wildman–Crippen LogP) is 10.7. The zero-order chi connectivity index (χ0) is 26.1. The van der Waals surface area contributed by atoms with Gasteiger partial charge in [-0.2, -0.15) is 0 Å². The van der Waals surface area contributed by atoms with Crippen LogP contribution in [0, 0.1) is 12.8 Å². The summed E-state index contributed by atoms with van der Waals surface area (Å²) in [6, 6.07) is 17.6. The van der Waals surface area contributed by atoms with Gasteiger partial charge in [-0.15, -0.1) is 0 Å². The monoisotopic (exact) mass is 478 g/mol. The fourth-order valence-electron chi connectivity index (χ4n) is 5.17. The number of hydrogen-bond donors (Lipinski definition) is 0. The summed E-state index contributed by atoms with van der Waals surface area (Å²) in [7, 11) is 0. The van der Waals surface area contributed by atoms with Gasteiger partial charge in [0.05, 0.1) is 0 Å². The van der Waals surface area contributed by atoms with Crippen LogP contribution in [-0.2, 0) is 5.41 Å². The van der Waals surface area contributed by atoms with Gasteiger partial charge in [-0.25, -0.2) is 0 Å². The zero-order valence-corrected chi connectivity index (χ0v) is 23.6. The summed E-state index contributed by atoms with van der Waals surface area (Å²) < 4.78 is 0. The molecule has 1 unspecified atom stereocenters. The second kappa shape index (κ2) is 12.9. The maximum Gasteiger partial charge on any atom is 0.0210 e. The van der Waals surface area contributed by atoms with E-state index in [1.54, 1.807) is 5.57 Å². The van der Waals surface area contributed by atoms with Crippen LogP contribution in [0.4, 0.5) is 0 Å². The lowest BCUT2D eigenvalue weighted by Crippen LogP contribution is -2.26. The Labute approximate surface area is 221 Å². The molecule has 0 radical (unpaired) electrons. The van der Waals surface area contributed by atoms with Crippen LogP contribution in [0.15, 0.2) is 102 Å². The van der Waals surface area contributed by atoms with Gasteiger partial charge < -0.3 is 0 Å². The Balaban J connectivity index is 0.000000188. The maximum absolute atomic E-state index is 2.40. The molecule has 0 heterocycles. The summed E-state index contributed by atoms with van der Waals surface area (Å²) in [6.45, 7) is 15.4. The lowest BCUT2D eigenvalue weighted by molar-refractivity contribution is 0.577. The van der Waals surface area contributed by atoms with Crippen molar-refractivity contribution in [2.24, 2.45) is 5.92 Å². The van der Waals surface area contributed by atoms with E-state index in [9.17, 15) is 0 Å². The molecule has 0 amide bonds. The number of hydrogen-bond acceptors (Lipinski definition) is 0. The Morgan fingerprint density at radius 3 is 2.33 bits per heavy atom. The molecule has 0 nitrogen and oxygen atoms in total. The molecule has 0 spiro atoms. The Morgan fingerprint density at radius 2 is 1.67 bits per heavy atom. The minimum atomic E-state index is 0.125. The molecule has 2 aromatic carbocycles. The van der Waals surface area contributed by atoms with E-state index in [1.165, 1.54) is 59.1 Å². The van der Waals surface area contributed by atoms with E-state index in [2.05, 4.69) is 126 Å². The Hall–Kier alpha value is -2.86. The molecule has 0 aliphatic heterocycles. The van der Waals surface area contributed by atoms with Crippen LogP contribution in [0.25, 0.3) is 5.57 Å². The van der Waals surface area contributed by atoms with E-state index in [4.69, 9.17) is 0 Å². The van der Waals surface area contributed by atoms with Crippen molar-refractivity contribution in [3.8, 4) is 0 Å². The minimum absolute atomic E-state index is 0.125. The van der Waals surface area contributed by atoms with E-state index in [0.29, 0.717) is 5.92 Å². The lowest BCUT2D eigenvalue weighted by Gasteiger charge is -2.35. The molecule has 3 aliphatic rings. The van der Waals surface area contributed by atoms with Gasteiger partial charge in [0, 0.05) is 11.3 Å². The van der Waals surface area contributed by atoms with Crippen LogP contribution in [0.5, 0.6) is 0 Å². The summed E-state index contributed by atoms with van der Waals surface area (Å²) in [6.07, 6.45) is 21.0. The van der Waals surface area contributed by atoms with Crippen molar-refractivity contribution in [3.05, 3.63) is 124 Å². The molecule has 2 aromatic rings. The van der Waals surface area contributed by atoms with Gasteiger partial charge in [-0.1, -0.05) is 144 Å². The molecule has 0 aromatic heterocycles. The van der Waals surface area contributed by atoms with Crippen molar-refractivity contribution in [1.82, 2.24) is 0 Å². The van der Waals surface area contributed by atoms with Crippen LogP contribution < -0.4 is 0 Å². The minimum Gasteiger partial charge on any atom is -0.0732 e. The first-order chi connectivity index (χ1) is 17.3. The Morgan fingerprint density at radius 1 is 0.917 bits per heavy atom. The highest BCUT2D eigenvalue weighted by Crippen LogP contribution is 2.44. The molecule has 190 valence electrons. The van der Waals surface area contributed by atoms with Crippen molar-refractivity contribution < 1.29 is 0 Å². The molecule has 0 N–H and O–H groups in total. The van der Waals surface area contributed by atoms with E-state index in [0.717, 1.165) is 5.92 Å². The number of rotatable bonds is 4. The fourth-order valence-corrected chi connectivity index (χ4v) is 5.17. The molecule has 1 atom stereocenters. The molecule has 0 heteroatoms. The first kappa shape index (κ1) is 27.7. The SMILES string of the molecule is CC.CC(C)CCC1=CC=C(c2ccccc2)CC1.Cc1ccc2c(c1)C(C)(C)C1=CC2C=CC=C1. The largest absolute Gasteiger partial charge is 0.0732 e. The highest BCUT2D eigenvalue weighted by atomic mass is 14.4. The third kappa shape index (κ3) is 6.88. The number of allylic oxidation sites excluding steroid dienone is 10. The normalized spacial score (nSPS) is 18.9. The topological polar surface area (TPSA) is 0 Å². The Bertz CT molecular complexity index is 1150. The van der Waals surface area contributed by atoms with Gasteiger partial charge in [-0.05, 0) is 66.4 Å². The highest BCUT2D eigenvalue weighted by molar-refractivity contribution is 5.68. The average Bonchev–Trinajstić information content (AvgIpc) is 3.14. The predicted molar refractivity (Wildman–Crippen MR) is 160 cm³/mol. The summed E-state index contributed by atoms with van der Waals surface area (Å²) in [5.41, 5.74) is 10.3. The van der Waals surface area contributed by atoms with Crippen molar-refractivity contribution in [2.75, 3.05) is 0 Å². The third-order valence-electron chi connectivity index (χ3n) is 7.45. The Kier molecular flexibility index (Phi) is 9.94. The average molecular weight is 479 g/mol. The molecule has 2 bridgehead atoms. The van der Waals surface area contributed by atoms with E-state index in [1.807, 2.05) is 13.8 Å². The van der Waals surface area contributed by atoms with Crippen LogP contribution in [0.2, 0.25) is 0 Å². The number of benzene rings is 2. The van der Waals surface area contributed by atoms with Gasteiger partial charge >= 0.3 is 0 Å². The maximum atomic E-state index is 2.40. The molecule has 5 rings (SSSR count). The quantitative estimate of drug-likeness (QED) is 0.410. The summed E-state index contributed by atoms with van der Waals surface area (Å²) in [5, 5.41) is 0. The van der Waals surface area contributed by atoms with Crippen molar-refractivity contribution in [3.63, 3.8) is 0 Å². The van der Waals surface area contributed by atoms with Gasteiger partial charge in [0.2, 0.25) is 0 Å². The molecular weight excluding hydrogens is 432 g/mol. The second-order valence-corrected chi connectivity index (χ2v) is 10.9. The van der Waals surface area contributed by atoms with Gasteiger partial charge in [0.25, 0.3) is 0 Å². The standard InChI is InChI=1S/C17H18.C17H22.C2H6/c1-12-8-9-15-13-6-4-5-7-14(11-13)17(2,3)16(15)10-12;1-14(2)8-9-15-10-12-17(13-11-15)16-6-4-3-5-7-16;1-2/h4-11,13H,1-3H3;3-7,10,12,14H,8-9,11,13H2,1-2H3;1-2H3. The molecule has 3 aliphatic carbocycles. The van der Waals surface area contributed by atoms with E-state index in [-0.39, 0.29) is 5.41 Å². The van der Waals surface area contributed by atoms with Crippen LogP contribution in [0.3, 0.4) is 0 Å². The van der Waals surface area contributed by atoms with Crippen LogP contribution >= 0.6 is 0 Å². The fraction of sp³-hybridized carbons (Fsp3) is 0.389. The molecule has 0 saturated heterocycles. The third-order valence-corrected chi connectivity index (χ3v) is 7.45. The molecular formula is C36H46. The van der Waals surface area contributed by atoms with Gasteiger partial charge in [-0.3, -0.25) is 0 Å². The summed E-state index contributed by atoms with van der Waals surface area (Å²) in [4.78, 5) is 0. The van der Waals surface area contributed by atoms with Crippen molar-refractivity contribution in [1.29, 1.82) is 0 Å². The molecule has 0 saturated carbocycles. The first-order valence-corrected chi connectivity index (χ1v) is 14.0. The van der Waals surface area contributed by atoms with Crippen LogP contribution in [-0.4, -0.2) is 0 Å². The second-order valence-electron chi connectivity index (χ2n) is 10.9. The molecule has 0 fully saturated rings. The van der Waals surface area contributed by atoms with Gasteiger partial charge in [0.15, 0.2) is 0 Å². The van der Waals surface area contributed by atoms with E-state index >= 15 is 0 Å². The highest BCUT2D eigenvalue weighted by Gasteiger charge is 2.33. The van der Waals surface area contributed by atoms with Crippen molar-refractivity contribution >= 4 is 5.57 Å². The molecule has 36 heavy (non-hydrogen) atoms. The van der Waals surface area contributed by atoms with E-state index < -0.39 is 0 Å². The lowest BCUT2D eigenvalue weighted by atomic mass is 9.68. The number of aryl methyl sites for hydroxylation is 1. The summed E-state index contributed by atoms with van der Waals surface area (Å²) in [5.74, 6) is 1.26. The number of fused-ring (bicyclic) bond motifs is 3.